The predicted octanol–water partition coefficient (Wildman–Crippen LogP) is 2.44. The molecule has 7 nitrogen and oxygen atoms in total. The summed E-state index contributed by atoms with van der Waals surface area (Å²) in [6, 6.07) is 10.4. The number of sulfonamides is 1. The summed E-state index contributed by atoms with van der Waals surface area (Å²) >= 11 is 0. The average molecular weight is 417 g/mol. The topological polar surface area (TPSA) is 95.2 Å². The van der Waals surface area contributed by atoms with Gasteiger partial charge in [0.1, 0.15) is 0 Å². The number of rotatable bonds is 6. The zero-order chi connectivity index (χ0) is 20.3. The van der Waals surface area contributed by atoms with E-state index in [0.29, 0.717) is 25.9 Å². The molecule has 0 spiro atoms. The summed E-state index contributed by atoms with van der Waals surface area (Å²) in [6.45, 7) is 1.25. The van der Waals surface area contributed by atoms with E-state index in [1.54, 1.807) is 0 Å². The molecule has 1 unspecified atom stereocenters. The van der Waals surface area contributed by atoms with Gasteiger partial charge in [0.2, 0.25) is 5.91 Å². The van der Waals surface area contributed by atoms with Crippen molar-refractivity contribution in [2.75, 3.05) is 19.6 Å². The van der Waals surface area contributed by atoms with Crippen molar-refractivity contribution in [2.45, 2.75) is 49.0 Å². The lowest BCUT2D eigenvalue weighted by Crippen LogP contribution is -2.47. The van der Waals surface area contributed by atoms with Gasteiger partial charge in [-0.15, -0.1) is 0 Å². The van der Waals surface area contributed by atoms with Crippen LogP contribution in [0.5, 0.6) is 0 Å². The van der Waals surface area contributed by atoms with E-state index >= 15 is 0 Å². The Bertz CT molecular complexity index is 922. The zero-order valence-electron chi connectivity index (χ0n) is 16.5. The number of carbonyl (C=O) groups is 1. The Hall–Kier alpha value is -2.19. The van der Waals surface area contributed by atoms with Crippen LogP contribution in [0.1, 0.15) is 44.1 Å². The molecule has 8 heteroatoms. The van der Waals surface area contributed by atoms with E-state index < -0.39 is 10.0 Å². The molecule has 2 fully saturated rings. The van der Waals surface area contributed by atoms with Crippen molar-refractivity contribution in [1.82, 2.24) is 19.6 Å². The van der Waals surface area contributed by atoms with Crippen LogP contribution in [-0.4, -0.2) is 48.2 Å². The average Bonchev–Trinajstić information content (AvgIpc) is 3.46. The molecule has 2 heterocycles. The maximum atomic E-state index is 12.9. The summed E-state index contributed by atoms with van der Waals surface area (Å²) in [5.41, 5.74) is 1.28. The second kappa shape index (κ2) is 8.28. The van der Waals surface area contributed by atoms with Gasteiger partial charge in [-0.1, -0.05) is 43.2 Å². The molecule has 1 atom stereocenters. The Kier molecular flexibility index (Phi) is 5.74. The van der Waals surface area contributed by atoms with Gasteiger partial charge in [-0.3, -0.25) is 4.79 Å². The third-order valence-electron chi connectivity index (χ3n) is 6.39. The number of hydrogen-bond acceptors (Lipinski definition) is 4. The van der Waals surface area contributed by atoms with E-state index in [2.05, 4.69) is 39.6 Å². The van der Waals surface area contributed by atoms with Crippen molar-refractivity contribution in [3.05, 3.63) is 48.4 Å². The summed E-state index contributed by atoms with van der Waals surface area (Å²) in [7, 11) is -3.64. The number of imidazole rings is 1. The Morgan fingerprint density at radius 2 is 1.97 bits per heavy atom. The minimum absolute atomic E-state index is 0.00668. The Morgan fingerprint density at radius 1 is 1.21 bits per heavy atom. The first-order valence-electron chi connectivity index (χ1n) is 10.3. The maximum Gasteiger partial charge on any atom is 0.260 e. The van der Waals surface area contributed by atoms with Crippen molar-refractivity contribution in [2.24, 2.45) is 5.92 Å². The van der Waals surface area contributed by atoms with Crippen LogP contribution >= 0.6 is 0 Å². The molecule has 0 bridgehead atoms. The fourth-order valence-corrected chi connectivity index (χ4v) is 6.13. The molecule has 156 valence electrons. The van der Waals surface area contributed by atoms with Crippen LogP contribution in [0.15, 0.2) is 47.9 Å². The lowest BCUT2D eigenvalue weighted by atomic mass is 9.78. The van der Waals surface area contributed by atoms with Gasteiger partial charge < -0.3 is 10.3 Å². The number of H-pyrrole nitrogens is 1. The Labute approximate surface area is 172 Å². The molecular formula is C21H28N4O3S. The van der Waals surface area contributed by atoms with E-state index in [-0.39, 0.29) is 28.8 Å². The highest BCUT2D eigenvalue weighted by Gasteiger charge is 2.38. The van der Waals surface area contributed by atoms with Crippen molar-refractivity contribution in [3.63, 3.8) is 0 Å². The standard InChI is InChI=1S/C21H28N4O3S/c26-20(23-15-21(10-4-5-11-21)18-8-2-1-3-9-18)17-7-6-12-25(14-17)29(27,28)19-13-22-16-24-19/h1-3,8-9,13,16-17H,4-7,10-12,14-15H2,(H,22,24)(H,23,26). The van der Waals surface area contributed by atoms with Crippen LogP contribution in [0, 0.1) is 5.92 Å². The number of nitrogens with zero attached hydrogens (tertiary/aromatic N) is 2. The number of nitrogens with one attached hydrogen (secondary N) is 2. The van der Waals surface area contributed by atoms with Gasteiger partial charge in [0.25, 0.3) is 10.0 Å². The minimum atomic E-state index is -3.64. The molecule has 4 rings (SSSR count). The summed E-state index contributed by atoms with van der Waals surface area (Å²) in [5, 5.41) is 3.24. The highest BCUT2D eigenvalue weighted by Crippen LogP contribution is 2.40. The monoisotopic (exact) mass is 416 g/mol. The lowest BCUT2D eigenvalue weighted by Gasteiger charge is -2.33. The van der Waals surface area contributed by atoms with E-state index in [0.717, 1.165) is 12.8 Å². The predicted molar refractivity (Wildman–Crippen MR) is 110 cm³/mol. The Balaban J connectivity index is 1.42. The number of carbonyl (C=O) groups excluding carboxylic acids is 1. The molecule has 1 saturated heterocycles. The number of piperidine rings is 1. The fourth-order valence-electron chi connectivity index (χ4n) is 4.71. The zero-order valence-corrected chi connectivity index (χ0v) is 17.3. The molecule has 1 aromatic heterocycles. The largest absolute Gasteiger partial charge is 0.355 e. The molecular weight excluding hydrogens is 388 g/mol. The summed E-state index contributed by atoms with van der Waals surface area (Å²) in [5.74, 6) is -0.368. The third-order valence-corrected chi connectivity index (χ3v) is 8.18. The normalized spacial score (nSPS) is 22.4. The highest BCUT2D eigenvalue weighted by molar-refractivity contribution is 7.89. The minimum Gasteiger partial charge on any atom is -0.355 e. The molecule has 1 aromatic carbocycles. The van der Waals surface area contributed by atoms with Crippen molar-refractivity contribution in [1.29, 1.82) is 0 Å². The van der Waals surface area contributed by atoms with Gasteiger partial charge >= 0.3 is 0 Å². The van der Waals surface area contributed by atoms with E-state index in [9.17, 15) is 13.2 Å². The van der Waals surface area contributed by atoms with Gasteiger partial charge in [0.05, 0.1) is 18.4 Å². The van der Waals surface area contributed by atoms with Gasteiger partial charge in [-0.2, -0.15) is 4.31 Å². The van der Waals surface area contributed by atoms with Gasteiger partial charge in [-0.25, -0.2) is 13.4 Å². The van der Waals surface area contributed by atoms with Crippen molar-refractivity contribution in [3.8, 4) is 0 Å². The molecule has 1 aliphatic heterocycles. The molecule has 2 N–H and O–H groups in total. The second-order valence-corrected chi connectivity index (χ2v) is 10.1. The van der Waals surface area contributed by atoms with Crippen LogP contribution in [0.4, 0.5) is 0 Å². The Morgan fingerprint density at radius 3 is 2.66 bits per heavy atom. The van der Waals surface area contributed by atoms with Gasteiger partial charge in [-0.05, 0) is 31.2 Å². The van der Waals surface area contributed by atoms with Crippen molar-refractivity contribution < 1.29 is 13.2 Å². The van der Waals surface area contributed by atoms with Crippen LogP contribution in [0.2, 0.25) is 0 Å². The molecule has 1 aliphatic carbocycles. The highest BCUT2D eigenvalue weighted by atomic mass is 32.2. The smallest absolute Gasteiger partial charge is 0.260 e. The van der Waals surface area contributed by atoms with E-state index in [1.165, 1.54) is 35.2 Å². The first kappa shape index (κ1) is 20.1. The lowest BCUT2D eigenvalue weighted by molar-refractivity contribution is -0.126. The summed E-state index contributed by atoms with van der Waals surface area (Å²) < 4.78 is 26.9. The summed E-state index contributed by atoms with van der Waals surface area (Å²) in [4.78, 5) is 19.4. The third kappa shape index (κ3) is 4.09. The molecule has 2 aliphatic rings. The quantitative estimate of drug-likeness (QED) is 0.756. The first-order chi connectivity index (χ1) is 14.0. The number of aromatic nitrogens is 2. The second-order valence-electron chi connectivity index (χ2n) is 8.19. The number of benzene rings is 1. The van der Waals surface area contributed by atoms with Gasteiger partial charge in [0.15, 0.2) is 5.03 Å². The number of hydrogen-bond donors (Lipinski definition) is 2. The summed E-state index contributed by atoms with van der Waals surface area (Å²) in [6.07, 6.45) is 8.53. The fraction of sp³-hybridized carbons (Fsp3) is 0.524. The maximum absolute atomic E-state index is 12.9. The molecule has 2 aromatic rings. The molecule has 1 saturated carbocycles. The molecule has 0 radical (unpaired) electrons. The number of aromatic amines is 1. The van der Waals surface area contributed by atoms with Crippen LogP contribution in [-0.2, 0) is 20.2 Å². The SMILES string of the molecule is O=C(NCC1(c2ccccc2)CCCC1)C1CCCN(S(=O)(=O)c2cnc[nH]2)C1. The molecule has 29 heavy (non-hydrogen) atoms. The van der Waals surface area contributed by atoms with E-state index in [4.69, 9.17) is 0 Å². The number of amides is 1. The molecule has 1 amide bonds. The van der Waals surface area contributed by atoms with E-state index in [1.807, 2.05) is 6.07 Å². The van der Waals surface area contributed by atoms with Crippen LogP contribution in [0.25, 0.3) is 0 Å². The first-order valence-corrected chi connectivity index (χ1v) is 11.8. The van der Waals surface area contributed by atoms with Crippen LogP contribution in [0.3, 0.4) is 0 Å². The van der Waals surface area contributed by atoms with Crippen LogP contribution < -0.4 is 5.32 Å². The van der Waals surface area contributed by atoms with Crippen molar-refractivity contribution >= 4 is 15.9 Å². The van der Waals surface area contributed by atoms with Gasteiger partial charge in [0, 0.05) is 25.0 Å².